The van der Waals surface area contributed by atoms with Crippen LogP contribution in [0.1, 0.15) is 51.2 Å². The number of benzene rings is 2. The first-order valence-corrected chi connectivity index (χ1v) is 13.6. The average molecular weight is 488 g/mol. The monoisotopic (exact) mass is 487 g/mol. The maximum absolute atomic E-state index is 13.2. The highest BCUT2D eigenvalue weighted by molar-refractivity contribution is 7.92. The van der Waals surface area contributed by atoms with Gasteiger partial charge in [0.25, 0.3) is 0 Å². The molecule has 0 aromatic heterocycles. The Morgan fingerprint density at radius 2 is 1.71 bits per heavy atom. The van der Waals surface area contributed by atoms with E-state index in [9.17, 15) is 18.0 Å². The Balaban J connectivity index is 2.14. The quantitative estimate of drug-likeness (QED) is 0.492. The standard InChI is InChI=1S/C26H37N3O4S/c1-6-21(3)27-26(31)22(4)28(19-23-13-8-7-9-14-23)25(30)16-11-17-29(34(5,32)33)24-15-10-12-20(2)18-24/h7-10,12-15,18,21-22H,6,11,16-17,19H2,1-5H3,(H,27,31)/t21-,22+/m0/s1. The summed E-state index contributed by atoms with van der Waals surface area (Å²) in [5, 5.41) is 2.95. The average Bonchev–Trinajstić information content (AvgIpc) is 2.79. The van der Waals surface area contributed by atoms with Gasteiger partial charge in [-0.05, 0) is 56.9 Å². The zero-order chi connectivity index (χ0) is 25.3. The van der Waals surface area contributed by atoms with Crippen LogP contribution in [0.25, 0.3) is 0 Å². The van der Waals surface area contributed by atoms with E-state index in [1.807, 2.05) is 69.3 Å². The molecule has 2 aromatic rings. The molecule has 8 heteroatoms. The van der Waals surface area contributed by atoms with Crippen LogP contribution in [0, 0.1) is 6.92 Å². The molecule has 0 radical (unpaired) electrons. The third kappa shape index (κ3) is 8.17. The van der Waals surface area contributed by atoms with Crippen LogP contribution in [0.5, 0.6) is 0 Å². The van der Waals surface area contributed by atoms with Gasteiger partial charge in [0.2, 0.25) is 21.8 Å². The van der Waals surface area contributed by atoms with Gasteiger partial charge in [0, 0.05) is 25.6 Å². The van der Waals surface area contributed by atoms with E-state index in [0.717, 1.165) is 17.5 Å². The molecule has 2 aromatic carbocycles. The number of aryl methyl sites for hydroxylation is 1. The number of nitrogens with one attached hydrogen (secondary N) is 1. The number of carbonyl (C=O) groups is 2. The molecule has 1 N–H and O–H groups in total. The summed E-state index contributed by atoms with van der Waals surface area (Å²) in [6.07, 6.45) is 2.43. The second-order valence-corrected chi connectivity index (χ2v) is 10.7. The molecule has 0 fully saturated rings. The van der Waals surface area contributed by atoms with Crippen LogP contribution >= 0.6 is 0 Å². The maximum atomic E-state index is 13.2. The molecule has 2 rings (SSSR count). The van der Waals surface area contributed by atoms with Crippen molar-refractivity contribution in [1.29, 1.82) is 0 Å². The molecule has 0 bridgehead atoms. The van der Waals surface area contributed by atoms with Gasteiger partial charge in [-0.25, -0.2) is 8.42 Å². The van der Waals surface area contributed by atoms with E-state index in [4.69, 9.17) is 0 Å². The van der Waals surface area contributed by atoms with Gasteiger partial charge in [0.15, 0.2) is 0 Å². The van der Waals surface area contributed by atoms with E-state index in [2.05, 4.69) is 5.32 Å². The molecule has 2 amide bonds. The van der Waals surface area contributed by atoms with Crippen LogP contribution in [0.2, 0.25) is 0 Å². The summed E-state index contributed by atoms with van der Waals surface area (Å²) >= 11 is 0. The number of anilines is 1. The SMILES string of the molecule is CC[C@H](C)NC(=O)[C@@H](C)N(Cc1ccccc1)C(=O)CCCN(c1cccc(C)c1)S(C)(=O)=O. The molecule has 0 saturated carbocycles. The second-order valence-electron chi connectivity index (χ2n) is 8.78. The smallest absolute Gasteiger partial charge is 0.242 e. The highest BCUT2D eigenvalue weighted by Gasteiger charge is 2.27. The summed E-state index contributed by atoms with van der Waals surface area (Å²) in [6, 6.07) is 16.2. The van der Waals surface area contributed by atoms with Gasteiger partial charge in [-0.1, -0.05) is 49.4 Å². The summed E-state index contributed by atoms with van der Waals surface area (Å²) in [7, 11) is -3.50. The first-order valence-electron chi connectivity index (χ1n) is 11.7. The van der Waals surface area contributed by atoms with Crippen molar-refractivity contribution in [2.45, 2.75) is 65.6 Å². The molecular formula is C26H37N3O4S. The van der Waals surface area contributed by atoms with E-state index in [1.54, 1.807) is 17.9 Å². The Kier molecular flexibility index (Phi) is 10.1. The van der Waals surface area contributed by atoms with Crippen molar-refractivity contribution in [2.24, 2.45) is 0 Å². The topological polar surface area (TPSA) is 86.8 Å². The fourth-order valence-corrected chi connectivity index (χ4v) is 4.57. The lowest BCUT2D eigenvalue weighted by molar-refractivity contribution is -0.140. The van der Waals surface area contributed by atoms with E-state index < -0.39 is 16.1 Å². The molecule has 0 aliphatic heterocycles. The lowest BCUT2D eigenvalue weighted by Crippen LogP contribution is -2.49. The lowest BCUT2D eigenvalue weighted by Gasteiger charge is -2.30. The van der Waals surface area contributed by atoms with E-state index in [-0.39, 0.29) is 30.8 Å². The van der Waals surface area contributed by atoms with Crippen molar-refractivity contribution in [1.82, 2.24) is 10.2 Å². The number of hydrogen-bond acceptors (Lipinski definition) is 4. The van der Waals surface area contributed by atoms with Crippen molar-refractivity contribution in [3.05, 3.63) is 65.7 Å². The molecule has 0 aliphatic carbocycles. The Bertz CT molecular complexity index is 1060. The predicted octanol–water partition coefficient (Wildman–Crippen LogP) is 3.87. The highest BCUT2D eigenvalue weighted by Crippen LogP contribution is 2.20. The number of hydrogen-bond donors (Lipinski definition) is 1. The van der Waals surface area contributed by atoms with Crippen molar-refractivity contribution < 1.29 is 18.0 Å². The number of carbonyl (C=O) groups excluding carboxylic acids is 2. The second kappa shape index (κ2) is 12.6. The van der Waals surface area contributed by atoms with Gasteiger partial charge >= 0.3 is 0 Å². The Hall–Kier alpha value is -2.87. The number of sulfonamides is 1. The van der Waals surface area contributed by atoms with Crippen LogP contribution in [0.4, 0.5) is 5.69 Å². The summed E-state index contributed by atoms with van der Waals surface area (Å²) in [5.41, 5.74) is 2.46. The lowest BCUT2D eigenvalue weighted by atomic mass is 10.1. The summed E-state index contributed by atoms with van der Waals surface area (Å²) < 4.78 is 26.1. The zero-order valence-corrected chi connectivity index (χ0v) is 21.6. The molecule has 34 heavy (non-hydrogen) atoms. The van der Waals surface area contributed by atoms with Gasteiger partial charge in [-0.2, -0.15) is 0 Å². The molecule has 186 valence electrons. The molecule has 2 atom stereocenters. The molecule has 0 heterocycles. The fraction of sp³-hybridized carbons (Fsp3) is 0.462. The van der Waals surface area contributed by atoms with Crippen LogP contribution in [0.15, 0.2) is 54.6 Å². The molecule has 0 aliphatic rings. The van der Waals surface area contributed by atoms with E-state index >= 15 is 0 Å². The van der Waals surface area contributed by atoms with Crippen LogP contribution in [-0.2, 0) is 26.2 Å². The number of nitrogens with zero attached hydrogens (tertiary/aromatic N) is 2. The molecule has 0 unspecified atom stereocenters. The largest absolute Gasteiger partial charge is 0.352 e. The summed E-state index contributed by atoms with van der Waals surface area (Å²) in [5.74, 6) is -0.385. The highest BCUT2D eigenvalue weighted by atomic mass is 32.2. The van der Waals surface area contributed by atoms with Crippen molar-refractivity contribution in [3.63, 3.8) is 0 Å². The van der Waals surface area contributed by atoms with Crippen molar-refractivity contribution in [2.75, 3.05) is 17.1 Å². The third-order valence-electron chi connectivity index (χ3n) is 5.81. The normalized spacial score (nSPS) is 13.1. The zero-order valence-electron chi connectivity index (χ0n) is 20.8. The summed E-state index contributed by atoms with van der Waals surface area (Å²) in [4.78, 5) is 27.6. The molecule has 0 saturated heterocycles. The fourth-order valence-electron chi connectivity index (χ4n) is 3.62. The van der Waals surface area contributed by atoms with Crippen LogP contribution in [-0.4, -0.2) is 50.0 Å². The minimum absolute atomic E-state index is 0.0151. The van der Waals surface area contributed by atoms with Crippen LogP contribution in [0.3, 0.4) is 0 Å². The summed E-state index contributed by atoms with van der Waals surface area (Å²) in [6.45, 7) is 8.04. The van der Waals surface area contributed by atoms with Gasteiger partial charge in [-0.3, -0.25) is 13.9 Å². The Labute approximate surface area is 204 Å². The third-order valence-corrected chi connectivity index (χ3v) is 7.00. The Morgan fingerprint density at radius 3 is 2.29 bits per heavy atom. The van der Waals surface area contributed by atoms with Gasteiger partial charge in [-0.15, -0.1) is 0 Å². The van der Waals surface area contributed by atoms with Gasteiger partial charge < -0.3 is 10.2 Å². The van der Waals surface area contributed by atoms with Crippen molar-refractivity contribution in [3.8, 4) is 0 Å². The minimum atomic E-state index is -3.50. The first kappa shape index (κ1) is 27.4. The van der Waals surface area contributed by atoms with Crippen LogP contribution < -0.4 is 9.62 Å². The van der Waals surface area contributed by atoms with Gasteiger partial charge in [0.05, 0.1) is 11.9 Å². The molecule has 0 spiro atoms. The predicted molar refractivity (Wildman–Crippen MR) is 137 cm³/mol. The Morgan fingerprint density at radius 1 is 1.03 bits per heavy atom. The number of amides is 2. The minimum Gasteiger partial charge on any atom is -0.352 e. The van der Waals surface area contributed by atoms with E-state index in [0.29, 0.717) is 18.7 Å². The van der Waals surface area contributed by atoms with E-state index in [1.165, 1.54) is 10.6 Å². The maximum Gasteiger partial charge on any atom is 0.242 e. The molecular weight excluding hydrogens is 450 g/mol. The number of rotatable bonds is 12. The molecule has 7 nitrogen and oxygen atoms in total. The van der Waals surface area contributed by atoms with Crippen molar-refractivity contribution >= 4 is 27.5 Å². The van der Waals surface area contributed by atoms with Gasteiger partial charge in [0.1, 0.15) is 6.04 Å². The first-order chi connectivity index (χ1) is 16.0.